The monoisotopic (exact) mass is 248 g/mol. The molecule has 2 aromatic carbocycles. The molecule has 0 bridgehead atoms. The summed E-state index contributed by atoms with van der Waals surface area (Å²) in [7, 11) is 0. The van der Waals surface area contributed by atoms with Crippen LogP contribution >= 0.6 is 23.2 Å². The zero-order valence-electron chi connectivity index (χ0n) is 8.53. The first-order valence-electron chi connectivity index (χ1n) is 4.93. The molecule has 0 nitrogen and oxygen atoms in total. The quantitative estimate of drug-likeness (QED) is 0.644. The van der Waals surface area contributed by atoms with Gasteiger partial charge in [-0.25, -0.2) is 0 Å². The van der Waals surface area contributed by atoms with Crippen molar-refractivity contribution in [2.45, 2.75) is 0 Å². The highest BCUT2D eigenvalue weighted by Crippen LogP contribution is 2.14. The minimum Gasteiger partial charge on any atom is -0.0843 e. The number of hydrogen-bond acceptors (Lipinski definition) is 0. The first kappa shape index (κ1) is 11.3. The van der Waals surface area contributed by atoms with Crippen LogP contribution in [0.3, 0.4) is 0 Å². The molecule has 0 amide bonds. The van der Waals surface area contributed by atoms with Crippen LogP contribution < -0.4 is 0 Å². The molecule has 80 valence electrons. The van der Waals surface area contributed by atoms with E-state index in [2.05, 4.69) is 0 Å². The third kappa shape index (κ3) is 3.13. The fourth-order valence-electron chi connectivity index (χ4n) is 1.34. The predicted octanol–water partition coefficient (Wildman–Crippen LogP) is 5.16. The van der Waals surface area contributed by atoms with E-state index >= 15 is 0 Å². The van der Waals surface area contributed by atoms with Gasteiger partial charge in [-0.2, -0.15) is 0 Å². The van der Waals surface area contributed by atoms with Crippen molar-refractivity contribution < 1.29 is 0 Å². The van der Waals surface area contributed by atoms with Crippen LogP contribution in [0.15, 0.2) is 48.5 Å². The summed E-state index contributed by atoms with van der Waals surface area (Å²) < 4.78 is 0. The van der Waals surface area contributed by atoms with Crippen molar-refractivity contribution in [1.82, 2.24) is 0 Å². The smallest absolute Gasteiger partial charge is 0.0406 e. The molecule has 0 aliphatic heterocycles. The molecule has 0 fully saturated rings. The molecule has 2 rings (SSSR count). The molecule has 2 heteroatoms. The van der Waals surface area contributed by atoms with Gasteiger partial charge >= 0.3 is 0 Å². The minimum absolute atomic E-state index is 0.753. The Bertz CT molecular complexity index is 434. The Morgan fingerprint density at radius 1 is 0.562 bits per heavy atom. The molecule has 2 aromatic rings. The summed E-state index contributed by atoms with van der Waals surface area (Å²) >= 11 is 11.6. The third-order valence-corrected chi connectivity index (χ3v) is 2.71. The summed E-state index contributed by atoms with van der Waals surface area (Å²) in [5.74, 6) is 0. The van der Waals surface area contributed by atoms with Gasteiger partial charge in [-0.05, 0) is 35.4 Å². The maximum absolute atomic E-state index is 5.81. The molecule has 0 heterocycles. The first-order valence-corrected chi connectivity index (χ1v) is 5.69. The lowest BCUT2D eigenvalue weighted by atomic mass is 10.1. The van der Waals surface area contributed by atoms with Crippen LogP contribution in [-0.4, -0.2) is 0 Å². The van der Waals surface area contributed by atoms with Crippen LogP contribution in [-0.2, 0) is 0 Å². The van der Waals surface area contributed by atoms with Crippen LogP contribution in [0.2, 0.25) is 10.0 Å². The normalized spacial score (nSPS) is 10.9. The van der Waals surface area contributed by atoms with Crippen LogP contribution in [0, 0.1) is 0 Å². The highest BCUT2D eigenvalue weighted by Gasteiger charge is 1.89. The van der Waals surface area contributed by atoms with Crippen molar-refractivity contribution >= 4 is 35.4 Å². The Morgan fingerprint density at radius 2 is 0.875 bits per heavy atom. The zero-order valence-corrected chi connectivity index (χ0v) is 10.0. The molecule has 0 aliphatic rings. The zero-order chi connectivity index (χ0) is 11.4. The molecule has 0 atom stereocenters. The van der Waals surface area contributed by atoms with E-state index in [1.165, 1.54) is 0 Å². The highest BCUT2D eigenvalue weighted by atomic mass is 35.5. The summed E-state index contributed by atoms with van der Waals surface area (Å²) in [6.45, 7) is 0. The lowest BCUT2D eigenvalue weighted by Gasteiger charge is -1.95. The van der Waals surface area contributed by atoms with Crippen molar-refractivity contribution in [1.29, 1.82) is 0 Å². The van der Waals surface area contributed by atoms with E-state index in [1.54, 1.807) is 0 Å². The van der Waals surface area contributed by atoms with E-state index in [4.69, 9.17) is 23.2 Å². The maximum atomic E-state index is 5.81. The van der Waals surface area contributed by atoms with Crippen molar-refractivity contribution in [2.75, 3.05) is 0 Å². The summed E-state index contributed by atoms with van der Waals surface area (Å²) in [6.07, 6.45) is 4.08. The average molecular weight is 249 g/mol. The summed E-state index contributed by atoms with van der Waals surface area (Å²) in [6, 6.07) is 15.4. The van der Waals surface area contributed by atoms with E-state index in [1.807, 2.05) is 60.7 Å². The van der Waals surface area contributed by atoms with Crippen LogP contribution in [0.25, 0.3) is 12.2 Å². The van der Waals surface area contributed by atoms with Gasteiger partial charge < -0.3 is 0 Å². The fraction of sp³-hybridized carbons (Fsp3) is 0. The Kier molecular flexibility index (Phi) is 3.66. The van der Waals surface area contributed by atoms with Gasteiger partial charge in [0.15, 0.2) is 0 Å². The van der Waals surface area contributed by atoms with Crippen LogP contribution in [0.4, 0.5) is 0 Å². The fourth-order valence-corrected chi connectivity index (χ4v) is 1.59. The maximum Gasteiger partial charge on any atom is 0.0406 e. The molecule has 0 N–H and O–H groups in total. The number of halogens is 2. The molecule has 0 unspecified atom stereocenters. The van der Waals surface area contributed by atoms with Gasteiger partial charge in [-0.3, -0.25) is 0 Å². The van der Waals surface area contributed by atoms with E-state index in [0.717, 1.165) is 21.2 Å². The second-order valence-corrected chi connectivity index (χ2v) is 4.31. The number of hydrogen-bond donors (Lipinski definition) is 0. The summed E-state index contributed by atoms with van der Waals surface area (Å²) in [5, 5.41) is 1.51. The van der Waals surface area contributed by atoms with Crippen molar-refractivity contribution in [3.8, 4) is 0 Å². The second kappa shape index (κ2) is 5.20. The van der Waals surface area contributed by atoms with Gasteiger partial charge in [0.2, 0.25) is 0 Å². The number of benzene rings is 2. The van der Waals surface area contributed by atoms with Crippen LogP contribution in [0.1, 0.15) is 11.1 Å². The molecule has 0 radical (unpaired) electrons. The van der Waals surface area contributed by atoms with Gasteiger partial charge in [0.1, 0.15) is 0 Å². The minimum atomic E-state index is 0.753. The predicted molar refractivity (Wildman–Crippen MR) is 71.8 cm³/mol. The molecule has 16 heavy (non-hydrogen) atoms. The van der Waals surface area contributed by atoms with Crippen molar-refractivity contribution in [3.05, 3.63) is 69.7 Å². The largest absolute Gasteiger partial charge is 0.0843 e. The van der Waals surface area contributed by atoms with Gasteiger partial charge in [-0.15, -0.1) is 0 Å². The van der Waals surface area contributed by atoms with Crippen molar-refractivity contribution in [3.63, 3.8) is 0 Å². The van der Waals surface area contributed by atoms with E-state index in [9.17, 15) is 0 Å². The molecule has 0 aromatic heterocycles. The standard InChI is InChI=1S/C14H10Cl2/c15-13-7-3-11(4-8-13)1-2-12-5-9-14(16)10-6-12/h1-10H/b2-1+. The second-order valence-electron chi connectivity index (χ2n) is 3.44. The van der Waals surface area contributed by atoms with Crippen molar-refractivity contribution in [2.24, 2.45) is 0 Å². The van der Waals surface area contributed by atoms with Gasteiger partial charge in [0, 0.05) is 10.0 Å². The molecule has 0 saturated heterocycles. The lowest BCUT2D eigenvalue weighted by molar-refractivity contribution is 1.64. The SMILES string of the molecule is Clc1ccc(/C=C/c2ccc(Cl)cc2)cc1. The molecular formula is C14H10Cl2. The summed E-state index contributed by atoms with van der Waals surface area (Å²) in [4.78, 5) is 0. The van der Waals surface area contributed by atoms with Gasteiger partial charge in [0.05, 0.1) is 0 Å². The summed E-state index contributed by atoms with van der Waals surface area (Å²) in [5.41, 5.74) is 2.25. The highest BCUT2D eigenvalue weighted by molar-refractivity contribution is 6.30. The number of rotatable bonds is 2. The third-order valence-electron chi connectivity index (χ3n) is 2.21. The molecule has 0 spiro atoms. The average Bonchev–Trinajstić information content (AvgIpc) is 2.30. The van der Waals surface area contributed by atoms with Gasteiger partial charge in [0.25, 0.3) is 0 Å². The van der Waals surface area contributed by atoms with Crippen LogP contribution in [0.5, 0.6) is 0 Å². The van der Waals surface area contributed by atoms with Gasteiger partial charge in [-0.1, -0.05) is 59.6 Å². The lowest BCUT2D eigenvalue weighted by Crippen LogP contribution is -1.72. The van der Waals surface area contributed by atoms with E-state index < -0.39 is 0 Å². The Hall–Kier alpha value is -1.24. The van der Waals surface area contributed by atoms with E-state index in [-0.39, 0.29) is 0 Å². The molecular weight excluding hydrogens is 239 g/mol. The Labute approximate surface area is 105 Å². The Balaban J connectivity index is 2.15. The Morgan fingerprint density at radius 3 is 1.19 bits per heavy atom. The topological polar surface area (TPSA) is 0 Å². The van der Waals surface area contributed by atoms with E-state index in [0.29, 0.717) is 0 Å². The first-order chi connectivity index (χ1) is 7.74. The molecule has 0 saturated carbocycles. The molecule has 0 aliphatic carbocycles.